The van der Waals surface area contributed by atoms with Crippen LogP contribution in [0, 0.1) is 3.57 Å². The number of nitrogens with zero attached hydrogens (tertiary/aromatic N) is 1. The minimum atomic E-state index is -0.221. The molecule has 0 saturated carbocycles. The minimum absolute atomic E-state index is 0.113. The summed E-state index contributed by atoms with van der Waals surface area (Å²) < 4.78 is 7.11. The van der Waals surface area contributed by atoms with Crippen molar-refractivity contribution in [3.63, 3.8) is 0 Å². The van der Waals surface area contributed by atoms with Crippen molar-refractivity contribution in [1.82, 2.24) is 15.3 Å². The molecule has 3 rings (SSSR count). The van der Waals surface area contributed by atoms with E-state index in [2.05, 4.69) is 37.9 Å². The van der Waals surface area contributed by atoms with Crippen molar-refractivity contribution in [3.8, 4) is 5.75 Å². The Hall–Kier alpha value is -2.35. The minimum Gasteiger partial charge on any atom is -0.488 e. The van der Waals surface area contributed by atoms with E-state index in [1.807, 2.05) is 54.6 Å². The first-order chi connectivity index (χ1) is 12.2. The standard InChI is InChI=1S/C19H18IN3O2/c20-15-8-6-14(7-9-15)19(24)23-13-17(12-18-21-10-11-22-18)25-16-4-2-1-3-5-16/h1-11,17H,12-13H2,(H,21,22)(H,23,24). The smallest absolute Gasteiger partial charge is 0.251 e. The van der Waals surface area contributed by atoms with E-state index < -0.39 is 0 Å². The second-order valence-corrected chi connectivity index (χ2v) is 6.76. The molecule has 0 fully saturated rings. The molecule has 1 heterocycles. The summed E-state index contributed by atoms with van der Waals surface area (Å²) >= 11 is 2.21. The lowest BCUT2D eigenvalue weighted by atomic mass is 10.2. The number of aromatic nitrogens is 2. The number of halogens is 1. The number of nitrogens with one attached hydrogen (secondary N) is 2. The Labute approximate surface area is 160 Å². The van der Waals surface area contributed by atoms with Crippen molar-refractivity contribution < 1.29 is 9.53 Å². The molecule has 3 aromatic rings. The second kappa shape index (κ2) is 8.66. The van der Waals surface area contributed by atoms with Crippen LogP contribution < -0.4 is 10.1 Å². The van der Waals surface area contributed by atoms with E-state index in [1.165, 1.54) is 0 Å². The molecule has 1 unspecified atom stereocenters. The van der Waals surface area contributed by atoms with Gasteiger partial charge in [-0.15, -0.1) is 0 Å². The Balaban J connectivity index is 1.64. The van der Waals surface area contributed by atoms with Crippen molar-refractivity contribution >= 4 is 28.5 Å². The molecule has 0 aliphatic carbocycles. The Morgan fingerprint density at radius 1 is 1.16 bits per heavy atom. The molecular weight excluding hydrogens is 429 g/mol. The van der Waals surface area contributed by atoms with E-state index in [1.54, 1.807) is 12.4 Å². The van der Waals surface area contributed by atoms with Gasteiger partial charge < -0.3 is 15.0 Å². The van der Waals surface area contributed by atoms with Gasteiger partial charge in [0.05, 0.1) is 6.54 Å². The molecule has 0 aliphatic rings. The molecule has 1 aromatic heterocycles. The van der Waals surface area contributed by atoms with Crippen molar-refractivity contribution in [2.45, 2.75) is 12.5 Å². The largest absolute Gasteiger partial charge is 0.488 e. The lowest BCUT2D eigenvalue weighted by molar-refractivity contribution is 0.0926. The fourth-order valence-corrected chi connectivity index (χ4v) is 2.74. The van der Waals surface area contributed by atoms with Crippen LogP contribution in [0.2, 0.25) is 0 Å². The molecular formula is C19H18IN3O2. The summed E-state index contributed by atoms with van der Waals surface area (Å²) in [6.45, 7) is 0.389. The number of ether oxygens (including phenoxy) is 1. The number of rotatable bonds is 7. The van der Waals surface area contributed by atoms with Crippen molar-refractivity contribution in [3.05, 3.63) is 81.9 Å². The van der Waals surface area contributed by atoms with Gasteiger partial charge in [-0.1, -0.05) is 18.2 Å². The number of H-pyrrole nitrogens is 1. The average Bonchev–Trinajstić information content (AvgIpc) is 3.14. The van der Waals surface area contributed by atoms with E-state index in [0.717, 1.165) is 15.1 Å². The van der Waals surface area contributed by atoms with Crippen molar-refractivity contribution in [1.29, 1.82) is 0 Å². The summed E-state index contributed by atoms with van der Waals surface area (Å²) in [5.41, 5.74) is 0.636. The van der Waals surface area contributed by atoms with Gasteiger partial charge in [-0.05, 0) is 59.0 Å². The zero-order valence-electron chi connectivity index (χ0n) is 13.5. The van der Waals surface area contributed by atoms with Gasteiger partial charge in [0.15, 0.2) is 0 Å². The topological polar surface area (TPSA) is 67.0 Å². The molecule has 128 valence electrons. The van der Waals surface area contributed by atoms with Crippen molar-refractivity contribution in [2.24, 2.45) is 0 Å². The molecule has 0 saturated heterocycles. The highest BCUT2D eigenvalue weighted by molar-refractivity contribution is 14.1. The summed E-state index contributed by atoms with van der Waals surface area (Å²) in [7, 11) is 0. The Morgan fingerprint density at radius 3 is 2.60 bits per heavy atom. The SMILES string of the molecule is O=C(NCC(Cc1ncc[nH]1)Oc1ccccc1)c1ccc(I)cc1. The summed E-state index contributed by atoms with van der Waals surface area (Å²) in [6, 6.07) is 17.0. The monoisotopic (exact) mass is 447 g/mol. The molecule has 2 aromatic carbocycles. The first-order valence-corrected chi connectivity index (χ1v) is 9.02. The molecule has 0 bridgehead atoms. The first kappa shape index (κ1) is 17.5. The Kier molecular flexibility index (Phi) is 6.05. The van der Waals surface area contributed by atoms with Gasteiger partial charge in [0.2, 0.25) is 0 Å². The van der Waals surface area contributed by atoms with E-state index in [4.69, 9.17) is 4.74 Å². The quantitative estimate of drug-likeness (QED) is 0.546. The molecule has 25 heavy (non-hydrogen) atoms. The predicted molar refractivity (Wildman–Crippen MR) is 105 cm³/mol. The number of carbonyl (C=O) groups excluding carboxylic acids is 1. The molecule has 2 N–H and O–H groups in total. The van der Waals surface area contributed by atoms with Crippen LogP contribution in [-0.4, -0.2) is 28.5 Å². The third-order valence-corrected chi connectivity index (χ3v) is 4.34. The lowest BCUT2D eigenvalue weighted by Crippen LogP contribution is -2.37. The number of imidazole rings is 1. The Morgan fingerprint density at radius 2 is 1.92 bits per heavy atom. The van der Waals surface area contributed by atoms with Gasteiger partial charge in [-0.25, -0.2) is 4.98 Å². The van der Waals surface area contributed by atoms with Gasteiger partial charge in [0.25, 0.3) is 5.91 Å². The number of para-hydroxylation sites is 1. The van der Waals surface area contributed by atoms with Gasteiger partial charge >= 0.3 is 0 Å². The van der Waals surface area contributed by atoms with Crippen LogP contribution in [-0.2, 0) is 6.42 Å². The van der Waals surface area contributed by atoms with Crippen LogP contribution in [0.5, 0.6) is 5.75 Å². The number of aromatic amines is 1. The molecule has 5 nitrogen and oxygen atoms in total. The number of amides is 1. The summed E-state index contributed by atoms with van der Waals surface area (Å²) in [4.78, 5) is 19.6. The molecule has 0 radical (unpaired) electrons. The van der Waals surface area contributed by atoms with Gasteiger partial charge in [0.1, 0.15) is 17.7 Å². The van der Waals surface area contributed by atoms with Crippen LogP contribution in [0.1, 0.15) is 16.2 Å². The molecule has 1 atom stereocenters. The predicted octanol–water partition coefficient (Wildman–Crippen LogP) is 3.43. The number of carbonyl (C=O) groups is 1. The van der Waals surface area contributed by atoms with Gasteiger partial charge in [-0.3, -0.25) is 4.79 Å². The van der Waals surface area contributed by atoms with E-state index in [-0.39, 0.29) is 12.0 Å². The summed E-state index contributed by atoms with van der Waals surface area (Å²) in [6.07, 6.45) is 3.84. The average molecular weight is 447 g/mol. The maximum Gasteiger partial charge on any atom is 0.251 e. The van der Waals surface area contributed by atoms with Crippen LogP contribution in [0.4, 0.5) is 0 Å². The normalized spacial score (nSPS) is 11.7. The maximum absolute atomic E-state index is 12.3. The van der Waals surface area contributed by atoms with E-state index >= 15 is 0 Å². The molecule has 0 aliphatic heterocycles. The number of benzene rings is 2. The number of hydrogen-bond acceptors (Lipinski definition) is 3. The third kappa shape index (κ3) is 5.32. The molecule has 1 amide bonds. The molecule has 6 heteroatoms. The van der Waals surface area contributed by atoms with Crippen molar-refractivity contribution in [2.75, 3.05) is 6.54 Å². The van der Waals surface area contributed by atoms with E-state index in [0.29, 0.717) is 18.5 Å². The lowest BCUT2D eigenvalue weighted by Gasteiger charge is -2.19. The zero-order valence-corrected chi connectivity index (χ0v) is 15.6. The fraction of sp³-hybridized carbons (Fsp3) is 0.158. The summed E-state index contributed by atoms with van der Waals surface area (Å²) in [5, 5.41) is 2.94. The highest BCUT2D eigenvalue weighted by atomic mass is 127. The van der Waals surface area contributed by atoms with Crippen LogP contribution in [0.15, 0.2) is 67.0 Å². The van der Waals surface area contributed by atoms with Crippen LogP contribution in [0.25, 0.3) is 0 Å². The summed E-state index contributed by atoms with van der Waals surface area (Å²) in [5.74, 6) is 1.48. The highest BCUT2D eigenvalue weighted by Gasteiger charge is 2.15. The second-order valence-electron chi connectivity index (χ2n) is 5.51. The van der Waals surface area contributed by atoms with Gasteiger partial charge in [-0.2, -0.15) is 0 Å². The van der Waals surface area contributed by atoms with Crippen LogP contribution in [0.3, 0.4) is 0 Å². The first-order valence-electron chi connectivity index (χ1n) is 7.94. The van der Waals surface area contributed by atoms with E-state index in [9.17, 15) is 4.79 Å². The van der Waals surface area contributed by atoms with Gasteiger partial charge in [0, 0.05) is 27.9 Å². The maximum atomic E-state index is 12.3. The van der Waals surface area contributed by atoms with Crippen LogP contribution >= 0.6 is 22.6 Å². The zero-order chi connectivity index (χ0) is 17.5. The highest BCUT2D eigenvalue weighted by Crippen LogP contribution is 2.13. The third-order valence-electron chi connectivity index (χ3n) is 3.62. The fourth-order valence-electron chi connectivity index (χ4n) is 2.38. The molecule has 0 spiro atoms. The number of hydrogen-bond donors (Lipinski definition) is 2. The Bertz CT molecular complexity index is 789.